The van der Waals surface area contributed by atoms with Crippen molar-refractivity contribution in [2.24, 2.45) is 0 Å². The fraction of sp³-hybridized carbons (Fsp3) is 0.188. The summed E-state index contributed by atoms with van der Waals surface area (Å²) in [7, 11) is 1.58. The Balaban J connectivity index is 1.84. The molecule has 0 fully saturated rings. The third-order valence-electron chi connectivity index (χ3n) is 2.82. The fourth-order valence-electron chi connectivity index (χ4n) is 1.75. The highest BCUT2D eigenvalue weighted by molar-refractivity contribution is 9.10. The minimum Gasteiger partial charge on any atom is -0.497 e. The van der Waals surface area contributed by atoms with Gasteiger partial charge in [0.15, 0.2) is 0 Å². The zero-order valence-electron chi connectivity index (χ0n) is 11.6. The zero-order valence-corrected chi connectivity index (χ0v) is 14.0. The van der Waals surface area contributed by atoms with E-state index < -0.39 is 0 Å². The molecule has 0 radical (unpaired) electrons. The van der Waals surface area contributed by atoms with E-state index in [1.54, 1.807) is 24.9 Å². The normalized spacial score (nSPS) is 10.2. The summed E-state index contributed by atoms with van der Waals surface area (Å²) in [4.78, 5) is 13.3. The molecule has 0 saturated heterocycles. The molecule has 0 aromatic heterocycles. The maximum Gasteiger partial charge on any atom is 0.252 e. The topological polar surface area (TPSA) is 38.3 Å². The van der Waals surface area contributed by atoms with Gasteiger partial charge in [0.05, 0.1) is 12.7 Å². The number of hydrogen-bond acceptors (Lipinski definition) is 3. The molecule has 0 atom stereocenters. The maximum atomic E-state index is 12.1. The van der Waals surface area contributed by atoms with Crippen LogP contribution in [-0.2, 0) is 0 Å². The van der Waals surface area contributed by atoms with Crippen molar-refractivity contribution in [2.45, 2.75) is 4.90 Å². The molecule has 2 rings (SSSR count). The van der Waals surface area contributed by atoms with E-state index in [2.05, 4.69) is 33.4 Å². The average Bonchev–Trinajstić information content (AvgIpc) is 2.53. The maximum absolute atomic E-state index is 12.1. The highest BCUT2D eigenvalue weighted by Gasteiger charge is 2.10. The number of methoxy groups -OCH3 is 1. The van der Waals surface area contributed by atoms with Gasteiger partial charge in [-0.05, 0) is 46.3 Å². The standard InChI is InChI=1S/C16H16BrNO2S/c1-20-12-7-8-15(17)14(11-12)16(19)18-9-10-21-13-5-3-2-4-6-13/h2-8,11H,9-10H2,1H3,(H,18,19). The first kappa shape index (κ1) is 15.9. The smallest absolute Gasteiger partial charge is 0.252 e. The lowest BCUT2D eigenvalue weighted by Gasteiger charge is -2.08. The first-order valence-corrected chi connectivity index (χ1v) is 8.28. The summed E-state index contributed by atoms with van der Waals surface area (Å²) in [5, 5.41) is 2.92. The minimum absolute atomic E-state index is 0.102. The van der Waals surface area contributed by atoms with Crippen molar-refractivity contribution in [3.8, 4) is 5.75 Å². The van der Waals surface area contributed by atoms with Crippen LogP contribution in [0, 0.1) is 0 Å². The van der Waals surface area contributed by atoms with E-state index in [1.807, 2.05) is 30.3 Å². The van der Waals surface area contributed by atoms with E-state index in [-0.39, 0.29) is 5.91 Å². The Hall–Kier alpha value is -1.46. The predicted octanol–water partition coefficient (Wildman–Crippen LogP) is 3.98. The number of rotatable bonds is 6. The van der Waals surface area contributed by atoms with Gasteiger partial charge in [-0.15, -0.1) is 11.8 Å². The van der Waals surface area contributed by atoms with Crippen LogP contribution in [0.2, 0.25) is 0 Å². The molecule has 0 aliphatic rings. The van der Waals surface area contributed by atoms with Crippen LogP contribution in [0.25, 0.3) is 0 Å². The minimum atomic E-state index is -0.102. The van der Waals surface area contributed by atoms with E-state index in [1.165, 1.54) is 4.90 Å². The molecule has 2 aromatic carbocycles. The second-order valence-electron chi connectivity index (χ2n) is 4.26. The first-order valence-electron chi connectivity index (χ1n) is 6.50. The number of carbonyl (C=O) groups is 1. The summed E-state index contributed by atoms with van der Waals surface area (Å²) in [5.41, 5.74) is 0.582. The number of hydrogen-bond donors (Lipinski definition) is 1. The number of amides is 1. The van der Waals surface area contributed by atoms with E-state index in [9.17, 15) is 4.79 Å². The van der Waals surface area contributed by atoms with Crippen molar-refractivity contribution >= 4 is 33.6 Å². The molecule has 0 aliphatic carbocycles. The molecule has 0 unspecified atom stereocenters. The Morgan fingerprint density at radius 1 is 1.24 bits per heavy atom. The van der Waals surface area contributed by atoms with Crippen molar-refractivity contribution in [3.05, 3.63) is 58.6 Å². The number of nitrogens with one attached hydrogen (secondary N) is 1. The summed E-state index contributed by atoms with van der Waals surface area (Å²) < 4.78 is 5.90. The van der Waals surface area contributed by atoms with Crippen LogP contribution < -0.4 is 10.1 Å². The molecule has 0 heterocycles. The molecule has 3 nitrogen and oxygen atoms in total. The highest BCUT2D eigenvalue weighted by atomic mass is 79.9. The van der Waals surface area contributed by atoms with Crippen molar-refractivity contribution in [2.75, 3.05) is 19.4 Å². The zero-order chi connectivity index (χ0) is 15.1. The van der Waals surface area contributed by atoms with Crippen LogP contribution in [-0.4, -0.2) is 25.3 Å². The number of thioether (sulfide) groups is 1. The summed E-state index contributed by atoms with van der Waals surface area (Å²) in [5.74, 6) is 1.40. The molecule has 1 N–H and O–H groups in total. The van der Waals surface area contributed by atoms with Crippen LogP contribution in [0.5, 0.6) is 5.75 Å². The van der Waals surface area contributed by atoms with Crippen molar-refractivity contribution in [1.82, 2.24) is 5.32 Å². The summed E-state index contributed by atoms with van der Waals surface area (Å²) in [6.07, 6.45) is 0. The van der Waals surface area contributed by atoms with E-state index >= 15 is 0 Å². The number of halogens is 1. The Morgan fingerprint density at radius 3 is 2.71 bits per heavy atom. The van der Waals surface area contributed by atoms with Gasteiger partial charge in [0.2, 0.25) is 0 Å². The molecule has 0 aliphatic heterocycles. The molecule has 0 bridgehead atoms. The summed E-state index contributed by atoms with van der Waals surface area (Å²) in [6, 6.07) is 15.5. The predicted molar refractivity (Wildman–Crippen MR) is 90.2 cm³/mol. The SMILES string of the molecule is COc1ccc(Br)c(C(=O)NCCSc2ccccc2)c1. The molecule has 0 spiro atoms. The number of benzene rings is 2. The second-order valence-corrected chi connectivity index (χ2v) is 6.29. The molecule has 0 saturated carbocycles. The fourth-order valence-corrected chi connectivity index (χ4v) is 2.97. The largest absolute Gasteiger partial charge is 0.497 e. The van der Waals surface area contributed by atoms with E-state index in [4.69, 9.17) is 4.74 Å². The van der Waals surface area contributed by atoms with Gasteiger partial charge in [-0.1, -0.05) is 18.2 Å². The van der Waals surface area contributed by atoms with Gasteiger partial charge in [0, 0.05) is 21.7 Å². The van der Waals surface area contributed by atoms with Crippen LogP contribution in [0.4, 0.5) is 0 Å². The van der Waals surface area contributed by atoms with Gasteiger partial charge in [0.25, 0.3) is 5.91 Å². The Morgan fingerprint density at radius 2 is 2.00 bits per heavy atom. The molecular weight excluding hydrogens is 350 g/mol. The van der Waals surface area contributed by atoms with Gasteiger partial charge in [-0.2, -0.15) is 0 Å². The van der Waals surface area contributed by atoms with Crippen molar-refractivity contribution in [1.29, 1.82) is 0 Å². The molecule has 2 aromatic rings. The lowest BCUT2D eigenvalue weighted by atomic mass is 10.2. The third kappa shape index (κ3) is 4.79. The molecule has 110 valence electrons. The van der Waals surface area contributed by atoms with Crippen LogP contribution in [0.1, 0.15) is 10.4 Å². The molecule has 21 heavy (non-hydrogen) atoms. The van der Waals surface area contributed by atoms with Crippen LogP contribution in [0.3, 0.4) is 0 Å². The average molecular weight is 366 g/mol. The Kier molecular flexibility index (Phi) is 6.14. The number of ether oxygens (including phenoxy) is 1. The lowest BCUT2D eigenvalue weighted by molar-refractivity contribution is 0.0955. The Bertz CT molecular complexity index is 604. The van der Waals surface area contributed by atoms with Gasteiger partial charge in [-0.25, -0.2) is 0 Å². The summed E-state index contributed by atoms with van der Waals surface area (Å²) in [6.45, 7) is 0.613. The van der Waals surface area contributed by atoms with Crippen LogP contribution in [0.15, 0.2) is 57.9 Å². The van der Waals surface area contributed by atoms with Gasteiger partial charge >= 0.3 is 0 Å². The lowest BCUT2D eigenvalue weighted by Crippen LogP contribution is -2.26. The highest BCUT2D eigenvalue weighted by Crippen LogP contribution is 2.22. The van der Waals surface area contributed by atoms with E-state index in [0.29, 0.717) is 17.9 Å². The quantitative estimate of drug-likeness (QED) is 0.621. The number of carbonyl (C=O) groups excluding carboxylic acids is 1. The van der Waals surface area contributed by atoms with Crippen molar-refractivity contribution in [3.63, 3.8) is 0 Å². The van der Waals surface area contributed by atoms with E-state index in [0.717, 1.165) is 10.2 Å². The molecule has 5 heteroatoms. The first-order chi connectivity index (χ1) is 10.2. The Labute approximate surface area is 137 Å². The van der Waals surface area contributed by atoms with Crippen molar-refractivity contribution < 1.29 is 9.53 Å². The van der Waals surface area contributed by atoms with Gasteiger partial charge in [0.1, 0.15) is 5.75 Å². The second kappa shape index (κ2) is 8.10. The van der Waals surface area contributed by atoms with Gasteiger partial charge in [-0.3, -0.25) is 4.79 Å². The molecule has 1 amide bonds. The van der Waals surface area contributed by atoms with Gasteiger partial charge < -0.3 is 10.1 Å². The van der Waals surface area contributed by atoms with Crippen LogP contribution >= 0.6 is 27.7 Å². The monoisotopic (exact) mass is 365 g/mol. The molecular formula is C16H16BrNO2S. The third-order valence-corrected chi connectivity index (χ3v) is 4.52. The summed E-state index contributed by atoms with van der Waals surface area (Å²) >= 11 is 5.10.